The van der Waals surface area contributed by atoms with Crippen molar-refractivity contribution in [2.75, 3.05) is 65.3 Å². The highest BCUT2D eigenvalue weighted by atomic mass is 32.2. The number of piperidine rings is 1. The van der Waals surface area contributed by atoms with Crippen LogP contribution in [0.15, 0.2) is 69.5 Å². The summed E-state index contributed by atoms with van der Waals surface area (Å²) in [6.07, 6.45) is 8.04. The number of nitrogens with one attached hydrogen (secondary N) is 2. The molecule has 6 rings (SSSR count). The van der Waals surface area contributed by atoms with Gasteiger partial charge in [-0.05, 0) is 93.0 Å². The van der Waals surface area contributed by atoms with E-state index in [2.05, 4.69) is 61.6 Å². The maximum absolute atomic E-state index is 12.9. The van der Waals surface area contributed by atoms with E-state index in [4.69, 9.17) is 5.73 Å². The Morgan fingerprint density at radius 3 is 2.47 bits per heavy atom. The predicted molar refractivity (Wildman–Crippen MR) is 188 cm³/mol. The first kappa shape index (κ1) is 33.5. The number of hydrogen-bond donors (Lipinski definition) is 3. The van der Waals surface area contributed by atoms with Gasteiger partial charge >= 0.3 is 6.03 Å². The zero-order valence-electron chi connectivity index (χ0n) is 28.1. The number of aliphatic imine (C=N–C) groups is 1. The molecular weight excluding hydrogens is 611 g/mol. The Balaban J connectivity index is 1.10. The fraction of sp³-hybridized carbons (Fsp3) is 0.556. The van der Waals surface area contributed by atoms with E-state index in [1.165, 1.54) is 37.2 Å². The number of carbonyl (C=O) groups is 1. The number of hydrogen-bond acceptors (Lipinski definition) is 8. The molecule has 0 radical (unpaired) electrons. The molecule has 2 aromatic rings. The van der Waals surface area contributed by atoms with E-state index < -0.39 is 9.84 Å². The van der Waals surface area contributed by atoms with Crippen LogP contribution in [0.3, 0.4) is 0 Å². The zero-order chi connectivity index (χ0) is 33.2. The number of allylic oxidation sites excluding steroid dienone is 1. The Labute approximate surface area is 280 Å². The van der Waals surface area contributed by atoms with Crippen LogP contribution < -0.4 is 21.3 Å². The van der Waals surface area contributed by atoms with Crippen molar-refractivity contribution in [3.63, 3.8) is 0 Å². The fourth-order valence-corrected chi connectivity index (χ4v) is 10.3. The van der Waals surface area contributed by atoms with Crippen molar-refractivity contribution in [2.45, 2.75) is 55.0 Å². The van der Waals surface area contributed by atoms with E-state index in [9.17, 15) is 13.2 Å². The molecule has 2 aromatic carbocycles. The summed E-state index contributed by atoms with van der Waals surface area (Å²) in [6.45, 7) is 7.25. The van der Waals surface area contributed by atoms with Gasteiger partial charge in [-0.25, -0.2) is 13.2 Å². The van der Waals surface area contributed by atoms with Gasteiger partial charge in [-0.3, -0.25) is 4.99 Å². The van der Waals surface area contributed by atoms with Crippen LogP contribution in [-0.2, 0) is 21.8 Å². The standard InChI is InChI=1S/C36H51N7O3S/c1-38-20-31(19-37)47(45,46)30-13-11-29(12-14-30)43-22-26(23-43)21-42-17-15-28(16-18-42)36(33-9-6-10-34(33)40-35(44)39-2)25-41(3)24-27-7-4-5-8-32(27)36/h4-5,7-8,11-14,19-20,26,28,33-34H,6,9-10,15-18,21-25,37H2,1-3H3,(H2,39,40,44)/t33-,34-,36?/m0/s1. The summed E-state index contributed by atoms with van der Waals surface area (Å²) in [5, 5.41) is 6.15. The van der Waals surface area contributed by atoms with E-state index in [0.29, 0.717) is 17.8 Å². The number of nitrogens with two attached hydrogens (primary N) is 1. The second kappa shape index (κ2) is 14.0. The van der Waals surface area contributed by atoms with Gasteiger partial charge in [0.2, 0.25) is 9.84 Å². The number of nitrogens with zero attached hydrogens (tertiary/aromatic N) is 4. The van der Waals surface area contributed by atoms with E-state index in [-0.39, 0.29) is 27.3 Å². The number of urea groups is 1. The molecule has 2 saturated heterocycles. The number of fused-ring (bicyclic) bond motifs is 1. The molecule has 3 aliphatic heterocycles. The lowest BCUT2D eigenvalue weighted by Gasteiger charge is -2.55. The molecular formula is C36H51N7O3S. The number of benzene rings is 2. The second-order valence-corrected chi connectivity index (χ2v) is 16.0. The van der Waals surface area contributed by atoms with Crippen molar-refractivity contribution in [2.24, 2.45) is 28.5 Å². The zero-order valence-corrected chi connectivity index (χ0v) is 28.9. The van der Waals surface area contributed by atoms with Crippen LogP contribution in [-0.4, -0.2) is 96.9 Å². The molecule has 0 aromatic heterocycles. The van der Waals surface area contributed by atoms with E-state index >= 15 is 0 Å². The average Bonchev–Trinajstić information content (AvgIpc) is 3.53. The summed E-state index contributed by atoms with van der Waals surface area (Å²) in [6, 6.07) is 16.3. The SMILES string of the molecule is CN=CC(=CN)S(=O)(=O)c1ccc(N2CC(CN3CCC(C4([C@H]5CCC[C@@H]5NC(=O)NC)CN(C)Cc5ccccc54)CC3)C2)cc1. The van der Waals surface area contributed by atoms with Gasteiger partial charge in [0.15, 0.2) is 0 Å². The Morgan fingerprint density at radius 1 is 1.06 bits per heavy atom. The Hall–Kier alpha value is -3.41. The summed E-state index contributed by atoms with van der Waals surface area (Å²) >= 11 is 0. The molecule has 3 heterocycles. The third-order valence-corrected chi connectivity index (χ3v) is 13.0. The van der Waals surface area contributed by atoms with Crippen LogP contribution in [0.25, 0.3) is 0 Å². The molecule has 11 heteroatoms. The molecule has 2 amide bonds. The monoisotopic (exact) mass is 661 g/mol. The van der Waals surface area contributed by atoms with Gasteiger partial charge in [-0.15, -0.1) is 0 Å². The molecule has 3 fully saturated rings. The van der Waals surface area contributed by atoms with Gasteiger partial charge in [0.1, 0.15) is 4.91 Å². The number of rotatable bonds is 9. The molecule has 1 aliphatic carbocycles. The predicted octanol–water partition coefficient (Wildman–Crippen LogP) is 3.59. The first-order valence-corrected chi connectivity index (χ1v) is 18.6. The minimum absolute atomic E-state index is 0.00482. The third kappa shape index (κ3) is 6.54. The molecule has 4 aliphatic rings. The lowest BCUT2D eigenvalue weighted by molar-refractivity contribution is 0.0347. The number of amides is 2. The Bertz CT molecular complexity index is 1580. The summed E-state index contributed by atoms with van der Waals surface area (Å²) < 4.78 is 25.8. The van der Waals surface area contributed by atoms with Gasteiger partial charge < -0.3 is 31.1 Å². The Kier molecular flexibility index (Phi) is 9.96. The van der Waals surface area contributed by atoms with Gasteiger partial charge in [-0.2, -0.15) is 0 Å². The maximum Gasteiger partial charge on any atom is 0.314 e. The highest BCUT2D eigenvalue weighted by molar-refractivity contribution is 7.96. The van der Waals surface area contributed by atoms with E-state index in [1.807, 2.05) is 12.1 Å². The molecule has 0 bridgehead atoms. The van der Waals surface area contributed by atoms with Crippen molar-refractivity contribution in [1.29, 1.82) is 0 Å². The first-order chi connectivity index (χ1) is 22.7. The summed E-state index contributed by atoms with van der Waals surface area (Å²) in [5.74, 6) is 1.57. The highest BCUT2D eigenvalue weighted by Gasteiger charge is 2.54. The van der Waals surface area contributed by atoms with E-state index in [1.54, 1.807) is 19.2 Å². The van der Waals surface area contributed by atoms with Crippen LogP contribution in [0, 0.1) is 17.8 Å². The molecule has 0 spiro atoms. The molecule has 1 unspecified atom stereocenters. The largest absolute Gasteiger partial charge is 0.403 e. The molecule has 3 atom stereocenters. The minimum Gasteiger partial charge on any atom is -0.403 e. The van der Waals surface area contributed by atoms with Gasteiger partial charge in [0.25, 0.3) is 0 Å². The first-order valence-electron chi connectivity index (χ1n) is 17.1. The molecule has 1 saturated carbocycles. The van der Waals surface area contributed by atoms with Gasteiger partial charge in [0, 0.05) is 82.3 Å². The molecule has 10 nitrogen and oxygen atoms in total. The summed E-state index contributed by atoms with van der Waals surface area (Å²) in [4.78, 5) is 24.0. The Morgan fingerprint density at radius 2 is 1.79 bits per heavy atom. The lowest BCUT2D eigenvalue weighted by atomic mass is 9.56. The van der Waals surface area contributed by atoms with Crippen molar-refractivity contribution < 1.29 is 13.2 Å². The highest BCUT2D eigenvalue weighted by Crippen LogP contribution is 2.53. The molecule has 47 heavy (non-hydrogen) atoms. The van der Waals surface area contributed by atoms with Crippen LogP contribution in [0.2, 0.25) is 0 Å². The number of likely N-dealkylation sites (N-methyl/N-ethyl adjacent to an activating group) is 1. The molecule has 254 valence electrons. The van der Waals surface area contributed by atoms with Crippen LogP contribution in [0.1, 0.15) is 43.2 Å². The van der Waals surface area contributed by atoms with Gasteiger partial charge in [0.05, 0.1) is 4.90 Å². The van der Waals surface area contributed by atoms with Crippen LogP contribution in [0.5, 0.6) is 0 Å². The lowest BCUT2D eigenvalue weighted by Crippen LogP contribution is -2.60. The summed E-state index contributed by atoms with van der Waals surface area (Å²) in [5.41, 5.74) is 9.58. The number of anilines is 1. The third-order valence-electron chi connectivity index (χ3n) is 11.2. The topological polar surface area (TPSA) is 123 Å². The fourth-order valence-electron chi connectivity index (χ4n) is 9.14. The van der Waals surface area contributed by atoms with Gasteiger partial charge in [-0.1, -0.05) is 30.7 Å². The van der Waals surface area contributed by atoms with E-state index in [0.717, 1.165) is 77.0 Å². The number of likely N-dealkylation sites (tertiary alicyclic amines) is 1. The quantitative estimate of drug-likeness (QED) is 0.351. The van der Waals surface area contributed by atoms with Crippen LogP contribution >= 0.6 is 0 Å². The number of carbonyl (C=O) groups excluding carboxylic acids is 1. The normalized spacial score (nSPS) is 26.7. The molecule has 4 N–H and O–H groups in total. The van der Waals surface area contributed by atoms with Crippen molar-refractivity contribution in [1.82, 2.24) is 20.4 Å². The number of sulfone groups is 1. The van der Waals surface area contributed by atoms with Crippen molar-refractivity contribution >= 4 is 27.8 Å². The summed E-state index contributed by atoms with van der Waals surface area (Å²) in [7, 11) is 1.81. The second-order valence-electron chi connectivity index (χ2n) is 14.0. The van der Waals surface area contributed by atoms with Crippen LogP contribution in [0.4, 0.5) is 10.5 Å². The smallest absolute Gasteiger partial charge is 0.314 e. The van der Waals surface area contributed by atoms with Crippen molar-refractivity contribution in [3.8, 4) is 0 Å². The minimum atomic E-state index is -3.69. The average molecular weight is 662 g/mol. The van der Waals surface area contributed by atoms with Crippen molar-refractivity contribution in [3.05, 3.63) is 70.8 Å². The maximum atomic E-state index is 12.9.